The molecule has 0 saturated carbocycles. The van der Waals surface area contributed by atoms with E-state index in [1.807, 2.05) is 49.4 Å². The molecule has 0 unspecified atom stereocenters. The number of ketones is 1. The van der Waals surface area contributed by atoms with Crippen molar-refractivity contribution in [1.29, 1.82) is 0 Å². The van der Waals surface area contributed by atoms with Crippen LogP contribution in [0.4, 0.5) is 0 Å². The predicted molar refractivity (Wildman–Crippen MR) is 79.3 cm³/mol. The van der Waals surface area contributed by atoms with Gasteiger partial charge in [0.15, 0.2) is 5.76 Å². The smallest absolute Gasteiger partial charge is 0.228 e. The second-order valence-corrected chi connectivity index (χ2v) is 5.46. The molecule has 0 atom stereocenters. The Morgan fingerprint density at radius 3 is 2.76 bits per heavy atom. The molecule has 3 heteroatoms. The van der Waals surface area contributed by atoms with E-state index >= 15 is 0 Å². The third kappa shape index (κ3) is 2.06. The van der Waals surface area contributed by atoms with Crippen molar-refractivity contribution in [2.24, 2.45) is 0 Å². The first kappa shape index (κ1) is 12.4. The molecular weight excluding hydrogens is 264 g/mol. The van der Waals surface area contributed by atoms with Crippen LogP contribution in [0.3, 0.4) is 0 Å². The summed E-state index contributed by atoms with van der Waals surface area (Å²) < 4.78 is 11.1. The third-order valence-electron chi connectivity index (χ3n) is 3.88. The summed E-state index contributed by atoms with van der Waals surface area (Å²) in [4.78, 5) is 12.6. The van der Waals surface area contributed by atoms with Crippen molar-refractivity contribution >= 4 is 16.8 Å². The van der Waals surface area contributed by atoms with Crippen LogP contribution in [0.5, 0.6) is 0 Å². The number of hydrogen-bond acceptors (Lipinski definition) is 3. The van der Waals surface area contributed by atoms with Crippen molar-refractivity contribution in [2.45, 2.75) is 20.1 Å². The van der Waals surface area contributed by atoms with Crippen molar-refractivity contribution in [3.8, 4) is 0 Å². The molecule has 4 rings (SSSR count). The van der Waals surface area contributed by atoms with Crippen LogP contribution in [-0.2, 0) is 18.0 Å². The van der Waals surface area contributed by atoms with Gasteiger partial charge < -0.3 is 9.15 Å². The van der Waals surface area contributed by atoms with Gasteiger partial charge in [-0.25, -0.2) is 0 Å². The minimum Gasteiger partial charge on any atom is -0.453 e. The maximum absolute atomic E-state index is 12.6. The molecule has 1 aromatic heterocycles. The first-order valence-electron chi connectivity index (χ1n) is 6.95. The fourth-order valence-electron chi connectivity index (χ4n) is 2.73. The summed E-state index contributed by atoms with van der Waals surface area (Å²) in [6.45, 7) is 3.23. The fraction of sp³-hybridized carbons (Fsp3) is 0.167. The lowest BCUT2D eigenvalue weighted by Crippen LogP contribution is -2.00. The van der Waals surface area contributed by atoms with Crippen LogP contribution in [-0.4, -0.2) is 5.78 Å². The molecule has 2 aromatic carbocycles. The van der Waals surface area contributed by atoms with E-state index in [1.54, 1.807) is 0 Å². The number of ether oxygens (including phenoxy) is 1. The van der Waals surface area contributed by atoms with E-state index in [-0.39, 0.29) is 5.78 Å². The second kappa shape index (κ2) is 4.57. The van der Waals surface area contributed by atoms with Crippen molar-refractivity contribution < 1.29 is 13.9 Å². The molecule has 0 radical (unpaired) electrons. The summed E-state index contributed by atoms with van der Waals surface area (Å²) in [5.41, 5.74) is 4.79. The van der Waals surface area contributed by atoms with E-state index in [0.29, 0.717) is 24.5 Å². The maximum atomic E-state index is 12.6. The van der Waals surface area contributed by atoms with E-state index < -0.39 is 0 Å². The van der Waals surface area contributed by atoms with Gasteiger partial charge in [-0.3, -0.25) is 4.79 Å². The van der Waals surface area contributed by atoms with Gasteiger partial charge in [0, 0.05) is 10.9 Å². The van der Waals surface area contributed by atoms with Gasteiger partial charge in [0.2, 0.25) is 5.78 Å². The molecular formula is C18H14O3. The number of aryl methyl sites for hydroxylation is 1. The van der Waals surface area contributed by atoms with E-state index in [1.165, 1.54) is 0 Å². The molecule has 1 aliphatic rings. The Kier molecular flexibility index (Phi) is 2.69. The molecule has 104 valence electrons. The molecule has 3 aromatic rings. The summed E-state index contributed by atoms with van der Waals surface area (Å²) in [6, 6.07) is 13.4. The Morgan fingerprint density at radius 2 is 1.86 bits per heavy atom. The third-order valence-corrected chi connectivity index (χ3v) is 3.88. The summed E-state index contributed by atoms with van der Waals surface area (Å²) in [5.74, 6) is 0.299. The van der Waals surface area contributed by atoms with Crippen LogP contribution in [0, 0.1) is 6.92 Å². The largest absolute Gasteiger partial charge is 0.453 e. The van der Waals surface area contributed by atoms with Gasteiger partial charge in [0.05, 0.1) is 13.2 Å². The predicted octanol–water partition coefficient (Wildman–Crippen LogP) is 4.00. The maximum Gasteiger partial charge on any atom is 0.228 e. The summed E-state index contributed by atoms with van der Waals surface area (Å²) in [5, 5.41) is 0.961. The van der Waals surface area contributed by atoms with Crippen LogP contribution in [0.2, 0.25) is 0 Å². The summed E-state index contributed by atoms with van der Waals surface area (Å²) in [7, 11) is 0. The molecule has 0 fully saturated rings. The number of rotatable bonds is 2. The van der Waals surface area contributed by atoms with Gasteiger partial charge >= 0.3 is 0 Å². The van der Waals surface area contributed by atoms with Gasteiger partial charge in [0.25, 0.3) is 0 Å². The number of carbonyl (C=O) groups excluding carboxylic acids is 1. The van der Waals surface area contributed by atoms with Crippen molar-refractivity contribution in [3.05, 3.63) is 70.5 Å². The molecule has 0 aliphatic carbocycles. The average molecular weight is 278 g/mol. The van der Waals surface area contributed by atoms with Gasteiger partial charge in [0.1, 0.15) is 5.58 Å². The molecule has 2 heterocycles. The molecule has 21 heavy (non-hydrogen) atoms. The molecule has 0 saturated heterocycles. The lowest BCUT2D eigenvalue weighted by Gasteiger charge is -2.01. The van der Waals surface area contributed by atoms with E-state index in [4.69, 9.17) is 9.15 Å². The van der Waals surface area contributed by atoms with E-state index in [9.17, 15) is 4.79 Å². The molecule has 1 aliphatic heterocycles. The zero-order valence-electron chi connectivity index (χ0n) is 11.7. The Morgan fingerprint density at radius 1 is 1.00 bits per heavy atom. The second-order valence-electron chi connectivity index (χ2n) is 5.46. The number of furan rings is 1. The number of hydrogen-bond donors (Lipinski definition) is 0. The van der Waals surface area contributed by atoms with Crippen LogP contribution in [0.15, 0.2) is 46.9 Å². The van der Waals surface area contributed by atoms with Crippen LogP contribution >= 0.6 is 0 Å². The lowest BCUT2D eigenvalue weighted by molar-refractivity contribution is 0.101. The monoisotopic (exact) mass is 278 g/mol. The normalized spacial score (nSPS) is 13.6. The van der Waals surface area contributed by atoms with E-state index in [0.717, 1.165) is 27.7 Å². The Balaban J connectivity index is 1.75. The average Bonchev–Trinajstić information content (AvgIpc) is 3.11. The molecule has 3 nitrogen and oxygen atoms in total. The molecule has 0 amide bonds. The number of benzene rings is 2. The van der Waals surface area contributed by atoms with Crippen molar-refractivity contribution in [1.82, 2.24) is 0 Å². The minimum absolute atomic E-state index is 0.0847. The van der Waals surface area contributed by atoms with Gasteiger partial charge in [-0.2, -0.15) is 0 Å². The quantitative estimate of drug-likeness (QED) is 0.665. The Bertz CT molecular complexity index is 858. The highest BCUT2D eigenvalue weighted by molar-refractivity contribution is 6.09. The number of fused-ring (bicyclic) bond motifs is 2. The van der Waals surface area contributed by atoms with Crippen LogP contribution in [0.25, 0.3) is 11.0 Å². The minimum atomic E-state index is -0.0847. The topological polar surface area (TPSA) is 39.4 Å². The highest BCUT2D eigenvalue weighted by atomic mass is 16.5. The molecule has 0 bridgehead atoms. The summed E-state index contributed by atoms with van der Waals surface area (Å²) in [6.07, 6.45) is 0. The molecule has 0 spiro atoms. The standard InChI is InChI=1S/C18H14O3/c1-11-2-5-16-14(6-11)8-17(21-16)18(19)12-3-4-13-9-20-10-15(13)7-12/h2-8H,9-10H2,1H3. The van der Waals surface area contributed by atoms with Crippen molar-refractivity contribution in [3.63, 3.8) is 0 Å². The van der Waals surface area contributed by atoms with Crippen LogP contribution in [0.1, 0.15) is 32.8 Å². The fourth-order valence-corrected chi connectivity index (χ4v) is 2.73. The lowest BCUT2D eigenvalue weighted by atomic mass is 10.0. The van der Waals surface area contributed by atoms with Gasteiger partial charge in [-0.05, 0) is 42.3 Å². The SMILES string of the molecule is Cc1ccc2oc(C(=O)c3ccc4c(c3)COC4)cc2c1. The summed E-state index contributed by atoms with van der Waals surface area (Å²) >= 11 is 0. The highest BCUT2D eigenvalue weighted by Crippen LogP contribution is 2.25. The first-order valence-corrected chi connectivity index (χ1v) is 6.95. The zero-order chi connectivity index (χ0) is 14.4. The first-order chi connectivity index (χ1) is 10.2. The highest BCUT2D eigenvalue weighted by Gasteiger charge is 2.18. The molecule has 0 N–H and O–H groups in total. The van der Waals surface area contributed by atoms with E-state index in [2.05, 4.69) is 0 Å². The number of carbonyl (C=O) groups is 1. The van der Waals surface area contributed by atoms with Gasteiger partial charge in [-0.15, -0.1) is 0 Å². The Hall–Kier alpha value is -2.39. The zero-order valence-corrected chi connectivity index (χ0v) is 11.7. The van der Waals surface area contributed by atoms with Crippen LogP contribution < -0.4 is 0 Å². The Labute approximate surface area is 122 Å². The van der Waals surface area contributed by atoms with Crippen molar-refractivity contribution in [2.75, 3.05) is 0 Å². The van der Waals surface area contributed by atoms with Gasteiger partial charge in [-0.1, -0.05) is 23.8 Å².